The number of carbonyl (C=O) groups excluding carboxylic acids is 1. The van der Waals surface area contributed by atoms with Gasteiger partial charge in [-0.3, -0.25) is 4.79 Å². The molecule has 0 aliphatic carbocycles. The summed E-state index contributed by atoms with van der Waals surface area (Å²) in [5.74, 6) is -1.29. The van der Waals surface area contributed by atoms with Crippen LogP contribution in [0.25, 0.3) is 11.4 Å². The van der Waals surface area contributed by atoms with Gasteiger partial charge in [0, 0.05) is 24.2 Å². The molecule has 7 heteroatoms. The van der Waals surface area contributed by atoms with Gasteiger partial charge in [-0.15, -0.1) is 0 Å². The average molecular weight is 382 g/mol. The van der Waals surface area contributed by atoms with Crippen molar-refractivity contribution in [2.75, 3.05) is 17.2 Å². The fourth-order valence-corrected chi connectivity index (χ4v) is 2.54. The van der Waals surface area contributed by atoms with Crippen molar-refractivity contribution in [3.05, 3.63) is 71.9 Å². The average Bonchev–Trinajstić information content (AvgIpc) is 2.71. The van der Waals surface area contributed by atoms with Crippen LogP contribution < -0.4 is 10.6 Å². The Kier molecular flexibility index (Phi) is 6.26. The first-order chi connectivity index (χ1) is 13.6. The quantitative estimate of drug-likeness (QED) is 0.571. The molecule has 5 nitrogen and oxygen atoms in total. The van der Waals surface area contributed by atoms with Crippen molar-refractivity contribution >= 4 is 17.4 Å². The molecule has 3 aromatic rings. The van der Waals surface area contributed by atoms with Crippen molar-refractivity contribution in [3.8, 4) is 11.4 Å². The molecule has 28 heavy (non-hydrogen) atoms. The largest absolute Gasteiger partial charge is 0.370 e. The molecule has 0 spiro atoms. The van der Waals surface area contributed by atoms with E-state index < -0.39 is 17.5 Å². The van der Waals surface area contributed by atoms with Crippen molar-refractivity contribution in [3.63, 3.8) is 0 Å². The van der Waals surface area contributed by atoms with E-state index in [1.165, 1.54) is 12.1 Å². The monoisotopic (exact) mass is 382 g/mol. The van der Waals surface area contributed by atoms with Gasteiger partial charge in [0.25, 0.3) is 5.91 Å². The van der Waals surface area contributed by atoms with Crippen molar-refractivity contribution < 1.29 is 13.6 Å². The van der Waals surface area contributed by atoms with Gasteiger partial charge in [-0.05, 0) is 18.6 Å². The van der Waals surface area contributed by atoms with Gasteiger partial charge in [0.2, 0.25) is 0 Å². The van der Waals surface area contributed by atoms with Gasteiger partial charge in [-0.25, -0.2) is 18.7 Å². The molecule has 0 aliphatic heterocycles. The number of rotatable bonds is 7. The molecule has 3 rings (SSSR count). The first-order valence-corrected chi connectivity index (χ1v) is 9.01. The van der Waals surface area contributed by atoms with Crippen molar-refractivity contribution in [2.24, 2.45) is 0 Å². The van der Waals surface area contributed by atoms with Crippen LogP contribution in [0.2, 0.25) is 0 Å². The first kappa shape index (κ1) is 19.4. The SMILES string of the molecule is CCCCNc1cc(C(=O)Nc2ccc(F)cc2F)nc(-c2ccccc2)n1. The van der Waals surface area contributed by atoms with E-state index in [9.17, 15) is 13.6 Å². The highest BCUT2D eigenvalue weighted by Gasteiger charge is 2.15. The molecule has 0 unspecified atom stereocenters. The summed E-state index contributed by atoms with van der Waals surface area (Å²) < 4.78 is 26.9. The van der Waals surface area contributed by atoms with Crippen LogP contribution in [0.1, 0.15) is 30.3 Å². The highest BCUT2D eigenvalue weighted by Crippen LogP contribution is 2.20. The van der Waals surface area contributed by atoms with E-state index in [1.807, 2.05) is 30.3 Å². The molecule has 0 fully saturated rings. The molecule has 1 heterocycles. The molecule has 0 radical (unpaired) electrons. The minimum atomic E-state index is -0.855. The van der Waals surface area contributed by atoms with E-state index in [0.717, 1.165) is 24.5 Å². The Morgan fingerprint density at radius 2 is 1.82 bits per heavy atom. The Bertz CT molecular complexity index is 964. The summed E-state index contributed by atoms with van der Waals surface area (Å²) in [5.41, 5.74) is 0.715. The predicted molar refractivity (Wildman–Crippen MR) is 105 cm³/mol. The smallest absolute Gasteiger partial charge is 0.274 e. The van der Waals surface area contributed by atoms with Crippen molar-refractivity contribution in [1.82, 2.24) is 9.97 Å². The zero-order chi connectivity index (χ0) is 19.9. The fourth-order valence-electron chi connectivity index (χ4n) is 2.54. The van der Waals surface area contributed by atoms with E-state index in [1.54, 1.807) is 0 Å². The summed E-state index contributed by atoms with van der Waals surface area (Å²) in [6.07, 6.45) is 1.97. The second kappa shape index (κ2) is 9.03. The molecule has 1 amide bonds. The van der Waals surface area contributed by atoms with Gasteiger partial charge in [0.1, 0.15) is 23.1 Å². The second-order valence-electron chi connectivity index (χ2n) is 6.19. The topological polar surface area (TPSA) is 66.9 Å². The normalized spacial score (nSPS) is 10.5. The Hall–Kier alpha value is -3.35. The summed E-state index contributed by atoms with van der Waals surface area (Å²) in [4.78, 5) is 21.4. The third kappa shape index (κ3) is 4.88. The lowest BCUT2D eigenvalue weighted by molar-refractivity contribution is 0.102. The van der Waals surface area contributed by atoms with E-state index >= 15 is 0 Å². The molecular formula is C21H20F2N4O. The summed E-state index contributed by atoms with van der Waals surface area (Å²) >= 11 is 0. The van der Waals surface area contributed by atoms with E-state index in [2.05, 4.69) is 27.5 Å². The molecule has 0 bridgehead atoms. The molecule has 2 aromatic carbocycles. The summed E-state index contributed by atoms with van der Waals surface area (Å²) in [6, 6.07) is 13.7. The number of hydrogen-bond donors (Lipinski definition) is 2. The lowest BCUT2D eigenvalue weighted by atomic mass is 10.2. The van der Waals surface area contributed by atoms with Gasteiger partial charge in [-0.2, -0.15) is 0 Å². The Morgan fingerprint density at radius 1 is 1.04 bits per heavy atom. The number of anilines is 2. The van der Waals surface area contributed by atoms with Crippen LogP contribution in [0.4, 0.5) is 20.3 Å². The highest BCUT2D eigenvalue weighted by atomic mass is 19.1. The van der Waals surface area contributed by atoms with Crippen LogP contribution in [-0.2, 0) is 0 Å². The zero-order valence-electron chi connectivity index (χ0n) is 15.4. The van der Waals surface area contributed by atoms with Crippen molar-refractivity contribution in [1.29, 1.82) is 0 Å². The molecule has 0 saturated heterocycles. The van der Waals surface area contributed by atoms with Crippen molar-refractivity contribution in [2.45, 2.75) is 19.8 Å². The van der Waals surface area contributed by atoms with Gasteiger partial charge in [-0.1, -0.05) is 43.7 Å². The number of nitrogens with one attached hydrogen (secondary N) is 2. The molecule has 1 aromatic heterocycles. The molecule has 144 valence electrons. The maximum atomic E-state index is 13.9. The summed E-state index contributed by atoms with van der Waals surface area (Å²) in [7, 11) is 0. The second-order valence-corrected chi connectivity index (χ2v) is 6.19. The number of benzene rings is 2. The van der Waals surface area contributed by atoms with E-state index in [4.69, 9.17) is 0 Å². The molecule has 0 aliphatic rings. The maximum Gasteiger partial charge on any atom is 0.274 e. The standard InChI is InChI=1S/C21H20F2N4O/c1-2-3-11-24-19-13-18(25-20(27-19)14-7-5-4-6-8-14)21(28)26-17-10-9-15(22)12-16(17)23/h4-10,12-13H,2-3,11H2,1H3,(H,26,28)(H,24,25,27). The molecule has 0 saturated carbocycles. The first-order valence-electron chi connectivity index (χ1n) is 9.01. The maximum absolute atomic E-state index is 13.9. The molecule has 0 atom stereocenters. The third-order valence-electron chi connectivity index (χ3n) is 4.01. The van der Waals surface area contributed by atoms with Crippen LogP contribution in [0.5, 0.6) is 0 Å². The van der Waals surface area contributed by atoms with Gasteiger partial charge < -0.3 is 10.6 Å². The summed E-state index contributed by atoms with van der Waals surface area (Å²) in [6.45, 7) is 2.78. The number of unbranched alkanes of at least 4 members (excludes halogenated alkanes) is 1. The van der Waals surface area contributed by atoms with Crippen LogP contribution >= 0.6 is 0 Å². The lowest BCUT2D eigenvalue weighted by Crippen LogP contribution is -2.16. The Morgan fingerprint density at radius 3 is 2.54 bits per heavy atom. The number of nitrogens with zero attached hydrogens (tertiary/aromatic N) is 2. The van der Waals surface area contributed by atoms with E-state index in [-0.39, 0.29) is 11.4 Å². The number of aromatic nitrogens is 2. The van der Waals surface area contributed by atoms with Crippen LogP contribution in [0.15, 0.2) is 54.6 Å². The summed E-state index contributed by atoms with van der Waals surface area (Å²) in [5, 5.41) is 5.61. The number of hydrogen-bond acceptors (Lipinski definition) is 4. The molecular weight excluding hydrogens is 362 g/mol. The number of carbonyl (C=O) groups is 1. The van der Waals surface area contributed by atoms with Gasteiger partial charge in [0.15, 0.2) is 5.82 Å². The number of halogens is 2. The highest BCUT2D eigenvalue weighted by molar-refractivity contribution is 6.03. The predicted octanol–water partition coefficient (Wildman–Crippen LogP) is 4.89. The van der Waals surface area contributed by atoms with Crippen LogP contribution in [-0.4, -0.2) is 22.4 Å². The van der Waals surface area contributed by atoms with Crippen LogP contribution in [0, 0.1) is 11.6 Å². The van der Waals surface area contributed by atoms with Gasteiger partial charge in [0.05, 0.1) is 5.69 Å². The Labute approximate surface area is 161 Å². The minimum Gasteiger partial charge on any atom is -0.370 e. The minimum absolute atomic E-state index is 0.0802. The zero-order valence-corrected chi connectivity index (χ0v) is 15.4. The van der Waals surface area contributed by atoms with Crippen LogP contribution in [0.3, 0.4) is 0 Å². The van der Waals surface area contributed by atoms with E-state index in [0.29, 0.717) is 24.3 Å². The number of amides is 1. The molecule has 2 N–H and O–H groups in total. The fraction of sp³-hybridized carbons (Fsp3) is 0.190. The third-order valence-corrected chi connectivity index (χ3v) is 4.01. The lowest BCUT2D eigenvalue weighted by Gasteiger charge is -2.11. The van der Waals surface area contributed by atoms with Gasteiger partial charge >= 0.3 is 0 Å². The Balaban J connectivity index is 1.91.